The zero-order valence-corrected chi connectivity index (χ0v) is 10.6. The lowest BCUT2D eigenvalue weighted by molar-refractivity contribution is 0.199. The zero-order chi connectivity index (χ0) is 13.1. The predicted octanol–water partition coefficient (Wildman–Crippen LogP) is 3.43. The fourth-order valence-electron chi connectivity index (χ4n) is 2.71. The van der Waals surface area contributed by atoms with Gasteiger partial charge in [0.15, 0.2) is 17.4 Å². The summed E-state index contributed by atoms with van der Waals surface area (Å²) < 4.78 is 26.5. The molecule has 0 bridgehead atoms. The molecule has 100 valence electrons. The van der Waals surface area contributed by atoms with Gasteiger partial charge in [0, 0.05) is 12.6 Å². The summed E-state index contributed by atoms with van der Waals surface area (Å²) in [6.45, 7) is 3.47. The molecule has 0 amide bonds. The van der Waals surface area contributed by atoms with Crippen molar-refractivity contribution in [3.63, 3.8) is 0 Å². The zero-order valence-electron chi connectivity index (χ0n) is 10.6. The standard InChI is InChI=1S/C14H19F2NO/c1-2-17(11-5-3-4-6-11)9-10-7-12(15)14(18)13(16)8-10/h7-8,11,18H,2-6,9H2,1H3. The highest BCUT2D eigenvalue weighted by molar-refractivity contribution is 5.30. The van der Waals surface area contributed by atoms with Crippen molar-refractivity contribution in [3.05, 3.63) is 29.3 Å². The molecule has 2 nitrogen and oxygen atoms in total. The molecule has 0 heterocycles. The lowest BCUT2D eigenvalue weighted by Gasteiger charge is -2.27. The Labute approximate surface area is 106 Å². The first kappa shape index (κ1) is 13.3. The fourth-order valence-corrected chi connectivity index (χ4v) is 2.71. The molecule has 4 heteroatoms. The normalized spacial score (nSPS) is 16.7. The maximum atomic E-state index is 13.3. The minimum absolute atomic E-state index is 0.523. The molecule has 0 atom stereocenters. The van der Waals surface area contributed by atoms with Crippen LogP contribution in [0.15, 0.2) is 12.1 Å². The summed E-state index contributed by atoms with van der Waals surface area (Å²) in [7, 11) is 0. The van der Waals surface area contributed by atoms with Crippen molar-refractivity contribution in [2.75, 3.05) is 6.54 Å². The number of rotatable bonds is 4. The molecular formula is C14H19F2NO. The first-order valence-electron chi connectivity index (χ1n) is 6.52. The van der Waals surface area contributed by atoms with Gasteiger partial charge in [-0.25, -0.2) is 8.78 Å². The predicted molar refractivity (Wildman–Crippen MR) is 66.4 cm³/mol. The van der Waals surface area contributed by atoms with Gasteiger partial charge in [0.25, 0.3) is 0 Å². The quantitative estimate of drug-likeness (QED) is 0.891. The third-order valence-corrected chi connectivity index (χ3v) is 3.71. The van der Waals surface area contributed by atoms with Gasteiger partial charge < -0.3 is 5.11 Å². The number of phenolic OH excluding ortho intramolecular Hbond substituents is 1. The lowest BCUT2D eigenvalue weighted by Crippen LogP contribution is -2.32. The van der Waals surface area contributed by atoms with Gasteiger partial charge in [-0.2, -0.15) is 0 Å². The largest absolute Gasteiger partial charge is 0.503 e. The third-order valence-electron chi connectivity index (χ3n) is 3.71. The van der Waals surface area contributed by atoms with Gasteiger partial charge in [0.1, 0.15) is 0 Å². The van der Waals surface area contributed by atoms with E-state index in [0.717, 1.165) is 19.4 Å². The topological polar surface area (TPSA) is 23.5 Å². The highest BCUT2D eigenvalue weighted by atomic mass is 19.1. The van der Waals surface area contributed by atoms with Crippen molar-refractivity contribution in [3.8, 4) is 5.75 Å². The first-order valence-corrected chi connectivity index (χ1v) is 6.52. The number of nitrogens with zero attached hydrogens (tertiary/aromatic N) is 1. The summed E-state index contributed by atoms with van der Waals surface area (Å²) in [5.41, 5.74) is 0.580. The maximum absolute atomic E-state index is 13.3. The molecular weight excluding hydrogens is 236 g/mol. The second kappa shape index (κ2) is 5.65. The SMILES string of the molecule is CCN(Cc1cc(F)c(O)c(F)c1)C1CCCC1. The molecule has 2 rings (SSSR count). The van der Waals surface area contributed by atoms with Crippen molar-refractivity contribution in [2.45, 2.75) is 45.2 Å². The van der Waals surface area contributed by atoms with Gasteiger partial charge in [-0.3, -0.25) is 4.90 Å². The fraction of sp³-hybridized carbons (Fsp3) is 0.571. The van der Waals surface area contributed by atoms with E-state index < -0.39 is 17.4 Å². The summed E-state index contributed by atoms with van der Waals surface area (Å²) in [5.74, 6) is -2.65. The molecule has 0 spiro atoms. The summed E-state index contributed by atoms with van der Waals surface area (Å²) in [5, 5.41) is 9.07. The molecule has 1 fully saturated rings. The van der Waals surface area contributed by atoms with Crippen LogP contribution in [0.3, 0.4) is 0 Å². The van der Waals surface area contributed by atoms with Crippen LogP contribution in [0.5, 0.6) is 5.75 Å². The van der Waals surface area contributed by atoms with Crippen LogP contribution in [0, 0.1) is 11.6 Å². The van der Waals surface area contributed by atoms with E-state index in [1.165, 1.54) is 25.0 Å². The Hall–Kier alpha value is -1.16. The summed E-state index contributed by atoms with van der Waals surface area (Å²) >= 11 is 0. The Kier molecular flexibility index (Phi) is 4.17. The van der Waals surface area contributed by atoms with Crippen molar-refractivity contribution in [1.29, 1.82) is 0 Å². The van der Waals surface area contributed by atoms with Crippen molar-refractivity contribution in [2.24, 2.45) is 0 Å². The molecule has 1 aliphatic carbocycles. The Balaban J connectivity index is 2.11. The summed E-state index contributed by atoms with van der Waals surface area (Å²) in [6, 6.07) is 2.96. The smallest absolute Gasteiger partial charge is 0.187 e. The van der Waals surface area contributed by atoms with E-state index in [-0.39, 0.29) is 0 Å². The highest BCUT2D eigenvalue weighted by Gasteiger charge is 2.22. The van der Waals surface area contributed by atoms with Crippen LogP contribution in [-0.4, -0.2) is 22.6 Å². The van der Waals surface area contributed by atoms with E-state index in [4.69, 9.17) is 5.11 Å². The molecule has 1 saturated carbocycles. The Bertz CT molecular complexity index is 393. The summed E-state index contributed by atoms with van der Waals surface area (Å²) in [6.07, 6.45) is 4.80. The number of phenols is 1. The Morgan fingerprint density at radius 2 is 1.78 bits per heavy atom. The van der Waals surface area contributed by atoms with Crippen LogP contribution in [0.4, 0.5) is 8.78 Å². The highest BCUT2D eigenvalue weighted by Crippen LogP contribution is 2.26. The monoisotopic (exact) mass is 255 g/mol. The molecule has 18 heavy (non-hydrogen) atoms. The van der Waals surface area contributed by atoms with Crippen molar-refractivity contribution in [1.82, 2.24) is 4.90 Å². The van der Waals surface area contributed by atoms with Gasteiger partial charge in [0.05, 0.1) is 0 Å². The van der Waals surface area contributed by atoms with Crippen LogP contribution < -0.4 is 0 Å². The van der Waals surface area contributed by atoms with Crippen molar-refractivity contribution < 1.29 is 13.9 Å². The van der Waals surface area contributed by atoms with E-state index in [2.05, 4.69) is 11.8 Å². The minimum Gasteiger partial charge on any atom is -0.503 e. The molecule has 1 N–H and O–H groups in total. The molecule has 0 aliphatic heterocycles. The van der Waals surface area contributed by atoms with Gasteiger partial charge in [0.2, 0.25) is 0 Å². The van der Waals surface area contributed by atoms with E-state index in [0.29, 0.717) is 18.2 Å². The molecule has 0 unspecified atom stereocenters. The average Bonchev–Trinajstić information content (AvgIpc) is 2.86. The Morgan fingerprint density at radius 1 is 1.22 bits per heavy atom. The second-order valence-electron chi connectivity index (χ2n) is 4.91. The van der Waals surface area contributed by atoms with E-state index >= 15 is 0 Å². The molecule has 0 radical (unpaired) electrons. The van der Waals surface area contributed by atoms with Gasteiger partial charge in [-0.05, 0) is 37.1 Å². The number of hydrogen-bond donors (Lipinski definition) is 1. The van der Waals surface area contributed by atoms with Crippen LogP contribution in [0.2, 0.25) is 0 Å². The van der Waals surface area contributed by atoms with Crippen LogP contribution >= 0.6 is 0 Å². The van der Waals surface area contributed by atoms with E-state index in [1.807, 2.05) is 0 Å². The Morgan fingerprint density at radius 3 is 2.28 bits per heavy atom. The number of benzene rings is 1. The van der Waals surface area contributed by atoms with Gasteiger partial charge >= 0.3 is 0 Å². The van der Waals surface area contributed by atoms with E-state index in [9.17, 15) is 8.78 Å². The maximum Gasteiger partial charge on any atom is 0.187 e. The molecule has 1 aliphatic rings. The molecule has 0 aromatic heterocycles. The summed E-state index contributed by atoms with van der Waals surface area (Å²) in [4.78, 5) is 2.25. The number of hydrogen-bond acceptors (Lipinski definition) is 2. The van der Waals surface area contributed by atoms with Crippen LogP contribution in [0.1, 0.15) is 38.2 Å². The minimum atomic E-state index is -0.886. The van der Waals surface area contributed by atoms with Gasteiger partial charge in [-0.1, -0.05) is 19.8 Å². The van der Waals surface area contributed by atoms with Crippen molar-refractivity contribution >= 4 is 0 Å². The van der Waals surface area contributed by atoms with Crippen LogP contribution in [0.25, 0.3) is 0 Å². The molecule has 1 aromatic rings. The first-order chi connectivity index (χ1) is 8.61. The van der Waals surface area contributed by atoms with Gasteiger partial charge in [-0.15, -0.1) is 0 Å². The molecule has 0 saturated heterocycles. The number of aromatic hydroxyl groups is 1. The lowest BCUT2D eigenvalue weighted by atomic mass is 10.1. The van der Waals surface area contributed by atoms with E-state index in [1.54, 1.807) is 0 Å². The third kappa shape index (κ3) is 2.80. The van der Waals surface area contributed by atoms with Crippen LogP contribution in [-0.2, 0) is 6.54 Å². The second-order valence-corrected chi connectivity index (χ2v) is 4.91. The average molecular weight is 255 g/mol. The number of halogens is 2. The molecule has 1 aromatic carbocycles.